The molecule has 1 saturated heterocycles. The average molecular weight is 538 g/mol. The lowest BCUT2D eigenvalue weighted by molar-refractivity contribution is -0.123. The number of hydrogen-bond acceptors (Lipinski definition) is 8. The normalized spacial score (nSPS) is 15.6. The van der Waals surface area contributed by atoms with E-state index in [0.29, 0.717) is 30.2 Å². The smallest absolute Gasteiger partial charge is 0.273 e. The van der Waals surface area contributed by atoms with Crippen LogP contribution in [0.1, 0.15) is 55.7 Å². The maximum absolute atomic E-state index is 14.1. The van der Waals surface area contributed by atoms with Crippen LogP contribution in [-0.2, 0) is 9.53 Å². The summed E-state index contributed by atoms with van der Waals surface area (Å²) in [5.74, 6) is -1.20. The number of rotatable bonds is 9. The van der Waals surface area contributed by atoms with Crippen molar-refractivity contribution in [3.05, 3.63) is 69.7 Å². The molecule has 0 saturated carbocycles. The molecule has 0 spiro atoms. The van der Waals surface area contributed by atoms with Gasteiger partial charge in [-0.2, -0.15) is 4.37 Å². The zero-order valence-corrected chi connectivity index (χ0v) is 22.3. The fourth-order valence-corrected chi connectivity index (χ4v) is 5.06. The van der Waals surface area contributed by atoms with Gasteiger partial charge in [0.25, 0.3) is 11.8 Å². The molecule has 5 N–H and O–H groups in total. The predicted molar refractivity (Wildman–Crippen MR) is 145 cm³/mol. The Morgan fingerprint density at radius 3 is 2.50 bits per heavy atom. The minimum Gasteiger partial charge on any atom is -0.497 e. The molecule has 1 aliphatic heterocycles. The molecule has 38 heavy (non-hydrogen) atoms. The van der Waals surface area contributed by atoms with Crippen molar-refractivity contribution in [3.63, 3.8) is 0 Å². The fraction of sp³-hybridized carbons (Fsp3) is 0.333. The summed E-state index contributed by atoms with van der Waals surface area (Å²) in [5, 5.41) is 2.97. The number of nitrogens with two attached hydrogens (primary N) is 2. The van der Waals surface area contributed by atoms with Gasteiger partial charge in [0.15, 0.2) is 5.69 Å². The second-order valence-electron chi connectivity index (χ2n) is 9.14. The van der Waals surface area contributed by atoms with Crippen molar-refractivity contribution >= 4 is 40.6 Å². The Morgan fingerprint density at radius 1 is 1.18 bits per heavy atom. The number of nitrogen functional groups attached to an aromatic ring is 1. The van der Waals surface area contributed by atoms with Crippen molar-refractivity contribution in [2.24, 2.45) is 5.73 Å². The third kappa shape index (κ3) is 5.63. The molecule has 200 valence electrons. The molecule has 2 aromatic carbocycles. The third-order valence-electron chi connectivity index (χ3n) is 6.61. The number of methoxy groups -OCH3 is 1. The van der Waals surface area contributed by atoms with Gasteiger partial charge in [0.2, 0.25) is 5.91 Å². The van der Waals surface area contributed by atoms with Gasteiger partial charge in [0.05, 0.1) is 18.9 Å². The molecule has 0 radical (unpaired) electrons. The number of hydrogen-bond donors (Lipinski definition) is 3. The summed E-state index contributed by atoms with van der Waals surface area (Å²) in [6.07, 6.45) is 1.69. The molecule has 1 aliphatic rings. The van der Waals surface area contributed by atoms with E-state index in [0.717, 1.165) is 35.5 Å². The number of nitrogens with zero attached hydrogens (tertiary/aromatic N) is 2. The molecular weight excluding hydrogens is 506 g/mol. The molecule has 0 bridgehead atoms. The monoisotopic (exact) mass is 537 g/mol. The summed E-state index contributed by atoms with van der Waals surface area (Å²) in [6, 6.07) is 11.3. The first kappa shape index (κ1) is 27.1. The fourth-order valence-electron chi connectivity index (χ4n) is 4.32. The van der Waals surface area contributed by atoms with E-state index in [4.69, 9.17) is 20.9 Å². The van der Waals surface area contributed by atoms with Gasteiger partial charge in [-0.1, -0.05) is 18.2 Å². The van der Waals surface area contributed by atoms with Gasteiger partial charge in [0, 0.05) is 18.8 Å². The van der Waals surface area contributed by atoms with Gasteiger partial charge in [0.1, 0.15) is 16.7 Å². The first-order valence-corrected chi connectivity index (χ1v) is 13.0. The van der Waals surface area contributed by atoms with Gasteiger partial charge in [-0.05, 0) is 79.2 Å². The summed E-state index contributed by atoms with van der Waals surface area (Å²) < 4.78 is 15.0. The van der Waals surface area contributed by atoms with Crippen molar-refractivity contribution in [2.45, 2.75) is 38.8 Å². The number of anilines is 2. The molecule has 11 heteroatoms. The quantitative estimate of drug-likeness (QED) is 0.379. The summed E-state index contributed by atoms with van der Waals surface area (Å²) >= 11 is 0.768. The van der Waals surface area contributed by atoms with Gasteiger partial charge in [-0.25, -0.2) is 0 Å². The van der Waals surface area contributed by atoms with Crippen LogP contribution in [-0.4, -0.2) is 48.5 Å². The van der Waals surface area contributed by atoms with Crippen LogP contribution in [0.5, 0.6) is 5.75 Å². The molecule has 2 atom stereocenters. The van der Waals surface area contributed by atoms with Gasteiger partial charge >= 0.3 is 0 Å². The molecular formula is C27H31N5O5S. The van der Waals surface area contributed by atoms with Crippen LogP contribution < -0.4 is 26.4 Å². The number of aryl methyl sites for hydroxylation is 2. The Morgan fingerprint density at radius 2 is 1.92 bits per heavy atom. The molecule has 3 amide bonds. The number of nitrogens with one attached hydrogen (secondary N) is 1. The van der Waals surface area contributed by atoms with Crippen molar-refractivity contribution in [1.82, 2.24) is 9.69 Å². The minimum atomic E-state index is -1.07. The van der Waals surface area contributed by atoms with Crippen LogP contribution >= 0.6 is 11.5 Å². The van der Waals surface area contributed by atoms with Crippen LogP contribution in [0.3, 0.4) is 0 Å². The van der Waals surface area contributed by atoms with E-state index in [9.17, 15) is 14.4 Å². The number of ether oxygens (including phenoxy) is 2. The Hall–Kier alpha value is -3.96. The van der Waals surface area contributed by atoms with E-state index in [2.05, 4.69) is 9.69 Å². The van der Waals surface area contributed by atoms with Crippen LogP contribution in [0.4, 0.5) is 11.4 Å². The van der Waals surface area contributed by atoms with Crippen molar-refractivity contribution in [2.75, 3.05) is 30.9 Å². The maximum atomic E-state index is 14.1. The number of amides is 3. The Labute approximate surface area is 225 Å². The highest BCUT2D eigenvalue weighted by atomic mass is 32.1. The van der Waals surface area contributed by atoms with E-state index < -0.39 is 23.8 Å². The number of primary amides is 1. The molecule has 0 aliphatic carbocycles. The second kappa shape index (κ2) is 11.6. The first-order valence-electron chi connectivity index (χ1n) is 12.2. The SMILES string of the molecule is COc1ccc([C@@H](C(=O)NC[C@@H]2CCCO2)N(C(=O)c2snc(C(N)=O)c2N)c2ccc(C)c(C)c2)cc1. The standard InChI is InChI=1S/C27H31N5O5S/c1-15-6-9-18(13-16(15)2)32(27(35)24-21(28)22(25(29)33)31-38-24)23(17-7-10-19(36-3)11-8-17)26(34)30-14-20-5-4-12-37-20/h6-11,13,20,23H,4-5,12,14,28H2,1-3H3,(H2,29,33)(H,30,34)/t20-,23-/m0/s1. The highest BCUT2D eigenvalue weighted by Gasteiger charge is 2.36. The van der Waals surface area contributed by atoms with Crippen LogP contribution in [0, 0.1) is 13.8 Å². The maximum Gasteiger partial charge on any atom is 0.273 e. The zero-order chi connectivity index (χ0) is 27.4. The lowest BCUT2D eigenvalue weighted by Gasteiger charge is -2.32. The molecule has 0 unspecified atom stereocenters. The highest BCUT2D eigenvalue weighted by molar-refractivity contribution is 7.09. The predicted octanol–water partition coefficient (Wildman–Crippen LogP) is 3.13. The van der Waals surface area contributed by atoms with E-state index >= 15 is 0 Å². The van der Waals surface area contributed by atoms with Gasteiger partial charge < -0.3 is 26.3 Å². The first-order chi connectivity index (χ1) is 18.2. The second-order valence-corrected chi connectivity index (χ2v) is 9.91. The van der Waals surface area contributed by atoms with Gasteiger partial charge in [-0.15, -0.1) is 0 Å². The van der Waals surface area contributed by atoms with E-state index in [1.165, 1.54) is 4.90 Å². The van der Waals surface area contributed by atoms with Crippen LogP contribution in [0.2, 0.25) is 0 Å². The molecule has 1 aromatic heterocycles. The molecule has 4 rings (SSSR count). The minimum absolute atomic E-state index is 0.0162. The largest absolute Gasteiger partial charge is 0.497 e. The summed E-state index contributed by atoms with van der Waals surface area (Å²) in [6.45, 7) is 4.85. The number of aromatic nitrogens is 1. The number of carbonyl (C=O) groups is 3. The van der Waals surface area contributed by atoms with E-state index in [1.54, 1.807) is 37.4 Å². The van der Waals surface area contributed by atoms with Crippen molar-refractivity contribution < 1.29 is 23.9 Å². The van der Waals surface area contributed by atoms with Crippen LogP contribution in [0.15, 0.2) is 42.5 Å². The Balaban J connectivity index is 1.83. The highest BCUT2D eigenvalue weighted by Crippen LogP contribution is 2.34. The van der Waals surface area contributed by atoms with E-state index in [-0.39, 0.29) is 22.4 Å². The topological polar surface area (TPSA) is 150 Å². The van der Waals surface area contributed by atoms with Gasteiger partial charge in [-0.3, -0.25) is 19.3 Å². The summed E-state index contributed by atoms with van der Waals surface area (Å²) in [5.41, 5.74) is 14.2. The lowest BCUT2D eigenvalue weighted by Crippen LogP contribution is -2.45. The Bertz CT molecular complexity index is 1330. The molecule has 10 nitrogen and oxygen atoms in total. The van der Waals surface area contributed by atoms with Crippen molar-refractivity contribution in [1.29, 1.82) is 0 Å². The molecule has 3 aromatic rings. The van der Waals surface area contributed by atoms with Crippen molar-refractivity contribution in [3.8, 4) is 5.75 Å². The molecule has 1 fully saturated rings. The summed E-state index contributed by atoms with van der Waals surface area (Å²) in [7, 11) is 1.55. The van der Waals surface area contributed by atoms with E-state index in [1.807, 2.05) is 26.0 Å². The average Bonchev–Trinajstić information content (AvgIpc) is 3.57. The summed E-state index contributed by atoms with van der Waals surface area (Å²) in [4.78, 5) is 41.2. The molecule has 2 heterocycles. The third-order valence-corrected chi connectivity index (χ3v) is 7.46. The number of carbonyl (C=O) groups excluding carboxylic acids is 3. The Kier molecular flexibility index (Phi) is 8.28. The van der Waals surface area contributed by atoms with Crippen LogP contribution in [0.25, 0.3) is 0 Å². The zero-order valence-electron chi connectivity index (χ0n) is 21.5. The lowest BCUT2D eigenvalue weighted by atomic mass is 10.0. The number of benzene rings is 2.